The van der Waals surface area contributed by atoms with Crippen LogP contribution in [0.5, 0.6) is 0 Å². The van der Waals surface area contributed by atoms with Crippen LogP contribution in [0.2, 0.25) is 0 Å². The summed E-state index contributed by atoms with van der Waals surface area (Å²) in [4.78, 5) is 47.1. The van der Waals surface area contributed by atoms with Crippen molar-refractivity contribution in [2.75, 3.05) is 13.6 Å². The van der Waals surface area contributed by atoms with Crippen LogP contribution < -0.4 is 5.32 Å². The molecule has 0 aromatic heterocycles. The normalized spacial score (nSPS) is 18.7. The molecule has 2 atom stereocenters. The lowest BCUT2D eigenvalue weighted by Crippen LogP contribution is -2.45. The molecule has 1 rings (SSSR count). The van der Waals surface area contributed by atoms with Crippen LogP contribution in [0.25, 0.3) is 0 Å². The molecule has 0 aliphatic heterocycles. The number of nitrogens with one attached hydrogen (secondary N) is 1. The van der Waals surface area contributed by atoms with Gasteiger partial charge in [0.25, 0.3) is 0 Å². The topological polar surface area (TPSA) is 102 Å². The molecular formula is C15H21F3N2O6. The maximum absolute atomic E-state index is 12.1. The number of carbonyl (C=O) groups excluding carboxylic acids is 4. The lowest BCUT2D eigenvalue weighted by atomic mass is 9.93. The fraction of sp³-hybridized carbons (Fsp3) is 0.733. The number of rotatable bonds is 6. The summed E-state index contributed by atoms with van der Waals surface area (Å²) in [5, 5.41) is 1.35. The smallest absolute Gasteiger partial charge is 0.424 e. The van der Waals surface area contributed by atoms with E-state index < -0.39 is 43.0 Å². The first-order chi connectivity index (χ1) is 12.1. The van der Waals surface area contributed by atoms with E-state index in [-0.39, 0.29) is 12.2 Å². The molecule has 0 aromatic carbocycles. The van der Waals surface area contributed by atoms with Gasteiger partial charge in [-0.15, -0.1) is 0 Å². The molecule has 1 aliphatic carbocycles. The fourth-order valence-electron chi connectivity index (χ4n) is 2.33. The van der Waals surface area contributed by atoms with Crippen LogP contribution in [0, 0.1) is 0 Å². The molecular weight excluding hydrogens is 361 g/mol. The maximum Gasteiger partial charge on any atom is 0.471 e. The van der Waals surface area contributed by atoms with Crippen molar-refractivity contribution in [1.82, 2.24) is 10.2 Å². The molecule has 1 fully saturated rings. The van der Waals surface area contributed by atoms with Crippen molar-refractivity contribution in [1.29, 1.82) is 0 Å². The van der Waals surface area contributed by atoms with Gasteiger partial charge >= 0.3 is 24.1 Å². The summed E-state index contributed by atoms with van der Waals surface area (Å²) in [5.41, 5.74) is 0. The number of esters is 1. The van der Waals surface area contributed by atoms with Crippen molar-refractivity contribution in [3.8, 4) is 0 Å². The second-order valence-electron chi connectivity index (χ2n) is 5.73. The fourth-order valence-corrected chi connectivity index (χ4v) is 2.33. The Bertz CT molecular complexity index is 552. The number of ether oxygens (including phenoxy) is 2. The minimum absolute atomic E-state index is 0.0388. The largest absolute Gasteiger partial charge is 0.471 e. The number of likely N-dealkylation sites (N-methyl/N-ethyl adjacent to an activating group) is 1. The molecule has 2 amide bonds. The van der Waals surface area contributed by atoms with E-state index in [1.54, 1.807) is 0 Å². The standard InChI is InChI=1S/C15H21F3N2O6/c1-3-12(25-11(22)8-19-13(23)15(16,17)18)26-14(24)20(2)9-6-4-5-7-10(9)21/h9,12H,3-8H2,1-2H3,(H,19,23). The van der Waals surface area contributed by atoms with Crippen molar-refractivity contribution >= 4 is 23.8 Å². The summed E-state index contributed by atoms with van der Waals surface area (Å²) in [6.45, 7) is 0.495. The van der Waals surface area contributed by atoms with Gasteiger partial charge in [-0.1, -0.05) is 13.3 Å². The molecule has 0 heterocycles. The summed E-state index contributed by atoms with van der Waals surface area (Å²) in [6, 6.07) is -0.615. The highest BCUT2D eigenvalue weighted by Gasteiger charge is 2.39. The summed E-state index contributed by atoms with van der Waals surface area (Å²) < 4.78 is 45.8. The van der Waals surface area contributed by atoms with Gasteiger partial charge in [-0.05, 0) is 12.8 Å². The highest BCUT2D eigenvalue weighted by atomic mass is 19.4. The summed E-state index contributed by atoms with van der Waals surface area (Å²) >= 11 is 0. The Balaban J connectivity index is 2.50. The van der Waals surface area contributed by atoms with Crippen molar-refractivity contribution < 1.29 is 41.8 Å². The van der Waals surface area contributed by atoms with Crippen LogP contribution in [0.3, 0.4) is 0 Å². The second-order valence-corrected chi connectivity index (χ2v) is 5.73. The highest BCUT2D eigenvalue weighted by Crippen LogP contribution is 2.20. The van der Waals surface area contributed by atoms with Crippen LogP contribution in [-0.2, 0) is 23.9 Å². The first-order valence-corrected chi connectivity index (χ1v) is 8.07. The Morgan fingerprint density at radius 2 is 1.92 bits per heavy atom. The third kappa shape index (κ3) is 6.52. The summed E-state index contributed by atoms with van der Waals surface area (Å²) in [7, 11) is 1.38. The van der Waals surface area contributed by atoms with E-state index >= 15 is 0 Å². The number of carbonyl (C=O) groups is 4. The van der Waals surface area contributed by atoms with Gasteiger partial charge in [-0.2, -0.15) is 13.2 Å². The number of Topliss-reactive ketones (excluding diaryl/α,β-unsaturated/α-hetero) is 1. The summed E-state index contributed by atoms with van der Waals surface area (Å²) in [5.74, 6) is -3.57. The Morgan fingerprint density at radius 3 is 2.46 bits per heavy atom. The number of halogens is 3. The van der Waals surface area contributed by atoms with E-state index in [1.807, 2.05) is 0 Å². The molecule has 1 N–H and O–H groups in total. The van der Waals surface area contributed by atoms with E-state index in [2.05, 4.69) is 0 Å². The van der Waals surface area contributed by atoms with E-state index in [1.165, 1.54) is 19.3 Å². The Morgan fingerprint density at radius 1 is 1.27 bits per heavy atom. The molecule has 1 aliphatic rings. The number of amides is 2. The third-order valence-corrected chi connectivity index (χ3v) is 3.76. The van der Waals surface area contributed by atoms with Gasteiger partial charge in [0.2, 0.25) is 6.29 Å². The van der Waals surface area contributed by atoms with Gasteiger partial charge in [0.1, 0.15) is 6.54 Å². The Hall–Kier alpha value is -2.33. The van der Waals surface area contributed by atoms with Crippen LogP contribution in [0.15, 0.2) is 0 Å². The molecule has 2 unspecified atom stereocenters. The number of hydrogen-bond donors (Lipinski definition) is 1. The SMILES string of the molecule is CCC(OC(=O)CNC(=O)C(F)(F)F)OC(=O)N(C)C1CCCCC1=O. The summed E-state index contributed by atoms with van der Waals surface area (Å²) in [6.07, 6.45) is -4.89. The quantitative estimate of drug-likeness (QED) is 0.552. The molecule has 0 bridgehead atoms. The van der Waals surface area contributed by atoms with Gasteiger partial charge in [-0.3, -0.25) is 14.4 Å². The highest BCUT2D eigenvalue weighted by molar-refractivity contribution is 5.88. The Labute approximate surface area is 148 Å². The molecule has 1 saturated carbocycles. The average Bonchev–Trinajstić information content (AvgIpc) is 2.57. The molecule has 8 nitrogen and oxygen atoms in total. The number of hydrogen-bond acceptors (Lipinski definition) is 6. The average molecular weight is 382 g/mol. The molecule has 0 saturated heterocycles. The molecule has 148 valence electrons. The van der Waals surface area contributed by atoms with Crippen molar-refractivity contribution in [2.24, 2.45) is 0 Å². The molecule has 26 heavy (non-hydrogen) atoms. The predicted molar refractivity (Wildman–Crippen MR) is 80.7 cm³/mol. The van der Waals surface area contributed by atoms with Crippen LogP contribution in [-0.4, -0.2) is 60.8 Å². The first-order valence-electron chi connectivity index (χ1n) is 8.07. The van der Waals surface area contributed by atoms with Crippen molar-refractivity contribution in [3.63, 3.8) is 0 Å². The second kappa shape index (κ2) is 9.39. The lowest BCUT2D eigenvalue weighted by Gasteiger charge is -2.30. The van der Waals surface area contributed by atoms with Gasteiger partial charge in [0.15, 0.2) is 5.78 Å². The monoisotopic (exact) mass is 382 g/mol. The van der Waals surface area contributed by atoms with Gasteiger partial charge < -0.3 is 19.7 Å². The molecule has 0 radical (unpaired) electrons. The maximum atomic E-state index is 12.1. The Kier molecular flexibility index (Phi) is 7.84. The molecule has 0 spiro atoms. The first kappa shape index (κ1) is 21.7. The minimum Gasteiger partial charge on any atom is -0.424 e. The van der Waals surface area contributed by atoms with E-state index in [9.17, 15) is 32.3 Å². The van der Waals surface area contributed by atoms with E-state index in [4.69, 9.17) is 9.47 Å². The zero-order valence-electron chi connectivity index (χ0n) is 14.4. The third-order valence-electron chi connectivity index (χ3n) is 3.76. The van der Waals surface area contributed by atoms with E-state index in [0.717, 1.165) is 17.7 Å². The van der Waals surface area contributed by atoms with Gasteiger partial charge in [0, 0.05) is 19.9 Å². The van der Waals surface area contributed by atoms with Crippen LogP contribution >= 0.6 is 0 Å². The molecule has 11 heteroatoms. The van der Waals surface area contributed by atoms with Crippen LogP contribution in [0.1, 0.15) is 39.0 Å². The minimum atomic E-state index is -5.12. The zero-order valence-corrected chi connectivity index (χ0v) is 14.4. The van der Waals surface area contributed by atoms with E-state index in [0.29, 0.717) is 12.8 Å². The van der Waals surface area contributed by atoms with Gasteiger partial charge in [-0.25, -0.2) is 4.79 Å². The van der Waals surface area contributed by atoms with Gasteiger partial charge in [0.05, 0.1) is 6.04 Å². The number of nitrogens with zero attached hydrogens (tertiary/aromatic N) is 1. The zero-order chi connectivity index (χ0) is 19.9. The number of alkyl halides is 3. The lowest BCUT2D eigenvalue weighted by molar-refractivity contribution is -0.177. The van der Waals surface area contributed by atoms with Crippen LogP contribution in [0.4, 0.5) is 18.0 Å². The number of ketones is 1. The molecule has 0 aromatic rings. The predicted octanol–water partition coefficient (Wildman–Crippen LogP) is 1.52. The van der Waals surface area contributed by atoms with Crippen molar-refractivity contribution in [3.05, 3.63) is 0 Å². The van der Waals surface area contributed by atoms with Crippen molar-refractivity contribution in [2.45, 2.75) is 57.5 Å².